The minimum atomic E-state index is -0.519. The molecule has 15 aromatic rings. The summed E-state index contributed by atoms with van der Waals surface area (Å²) in [4.78, 5) is 40.9. The predicted octanol–water partition coefficient (Wildman–Crippen LogP) is 22.9. The van der Waals surface area contributed by atoms with Crippen molar-refractivity contribution < 1.29 is 55.8 Å². The number of aromatic amines is 3. The molecule has 750 valence electrons. The smallest absolute Gasteiger partial charge is 0.153 e. The summed E-state index contributed by atoms with van der Waals surface area (Å²) in [6, 6.07) is 37.0. The van der Waals surface area contributed by atoms with E-state index in [9.17, 15) is 5.11 Å². The van der Waals surface area contributed by atoms with Gasteiger partial charge in [-0.15, -0.1) is 0 Å². The molecule has 0 amide bonds. The lowest BCUT2D eigenvalue weighted by molar-refractivity contribution is 0.0335. The van der Waals surface area contributed by atoms with E-state index >= 15 is 17.6 Å². The quantitative estimate of drug-likeness (QED) is 0.0272. The summed E-state index contributed by atoms with van der Waals surface area (Å²) in [5.74, 6) is 0.615. The molecule has 0 radical (unpaired) electrons. The van der Waals surface area contributed by atoms with E-state index in [1.54, 1.807) is 86.1 Å². The van der Waals surface area contributed by atoms with E-state index in [1.165, 1.54) is 36.7 Å². The highest BCUT2D eigenvalue weighted by Crippen LogP contribution is 2.40. The van der Waals surface area contributed by atoms with Gasteiger partial charge < -0.3 is 43.6 Å². The number of ether oxygens (including phenoxy) is 7. The summed E-state index contributed by atoms with van der Waals surface area (Å²) >= 11 is 31.6. The number of hydrogen-bond acceptors (Lipinski definition) is 25. The summed E-state index contributed by atoms with van der Waals surface area (Å²) in [5, 5.41) is 47.4. The fourth-order valence-corrected chi connectivity index (χ4v) is 19.5. The number of likely N-dealkylation sites (tertiary alicyclic amines) is 1. The topological polar surface area (TPSA) is 321 Å². The summed E-state index contributed by atoms with van der Waals surface area (Å²) < 4.78 is 102. The van der Waals surface area contributed by atoms with E-state index in [1.807, 2.05) is 139 Å². The number of nitrogens with one attached hydrogen (secondary N) is 4. The summed E-state index contributed by atoms with van der Waals surface area (Å²) in [7, 11) is 0. The maximum Gasteiger partial charge on any atom is 0.153 e. The van der Waals surface area contributed by atoms with Gasteiger partial charge in [0.15, 0.2) is 11.7 Å². The van der Waals surface area contributed by atoms with E-state index in [0.717, 1.165) is 171 Å². The maximum atomic E-state index is 15.3. The molecule has 0 spiro atoms. The van der Waals surface area contributed by atoms with Gasteiger partial charge in [-0.1, -0.05) is 70.1 Å². The third kappa shape index (κ3) is 26.9. The number of halogens is 9. The molecule has 4 fully saturated rings. The van der Waals surface area contributed by atoms with Crippen molar-refractivity contribution in [3.63, 3.8) is 0 Å². The minimum Gasteiger partial charge on any atom is -0.486 e. The van der Waals surface area contributed by atoms with Crippen molar-refractivity contribution in [2.24, 2.45) is 4.99 Å². The highest BCUT2D eigenvalue weighted by Gasteiger charge is 2.28. The monoisotopic (exact) mass is 2060 g/mol. The zero-order valence-electron chi connectivity index (χ0n) is 80.7. The Kier molecular flexibility index (Phi) is 34.9. The van der Waals surface area contributed by atoms with Crippen LogP contribution in [0, 0.1) is 20.8 Å². The normalized spacial score (nSPS) is 16.5. The molecule has 5 aliphatic heterocycles. The number of aliphatic hydroxyl groups excluding tert-OH is 1. The first kappa shape index (κ1) is 104. The van der Waals surface area contributed by atoms with Gasteiger partial charge >= 0.3 is 0 Å². The standard InChI is InChI=1S/C28H27Cl2FN4O2.2C27H27ClFN5O2.C26H26ClFN6O2/c1-17(28-24(29)15-32-16-25(28)30)37-22-5-3-18-12-35-27(23(18)10-22)11-26(31)19-2-4-21(33-13-19)14-34-20-6-8-36-9-7-20;1-17-13-30-15-23(28)27(17)18(2)36-21-5-6-25-22(11-21)26(33-32-25)12-24(29)19-3-4-20(31-14-19)16-34-7-9-35-10-8-34;1-16-11-30-13-23(28)26(16)17(2)36-21-5-6-25-22(10-21)27(33-32-25)24(29)9-18-3-4-19(31-12-18)14-34-8-7-20(35)15-34;1-16-13-29-14-22(27)25(16)17(2)36-20-5-6-24-21(12-20)26(33-32-24)23(28)11-18-3-4-19(31-30-18)15-34-7-9-35-10-8-34/h2-5,10-11,13,15-17,20,34H,6-9,12,14H2,1H3;3-6,11-15,18H,7-10,16H2,1-2H3,(H,32,33);3-6,9-13,17,20,35H,7-8,14-15H2,1-2H3,(H,32,33);3-6,11-14,17H,7-10,15H2,1-2H3,(H,32,33)/b26-11-;24-12-;24-9-;23-11-/t17-;;;/m0.../s1. The van der Waals surface area contributed by atoms with Gasteiger partial charge in [0.05, 0.1) is 121 Å². The Bertz CT molecular complexity index is 6910. The Morgan fingerprint density at radius 2 is 0.903 bits per heavy atom. The summed E-state index contributed by atoms with van der Waals surface area (Å²) in [5.41, 5.74) is 16.9. The van der Waals surface area contributed by atoms with Crippen LogP contribution in [0.2, 0.25) is 25.1 Å². The number of β-amino-alcohol motifs (C(OH)–C–C–N with tert-alkyl or cyclic N) is 1. The molecule has 5 aliphatic rings. The number of aromatic nitrogens is 15. The number of aliphatic hydroxyl groups is 1. The zero-order valence-corrected chi connectivity index (χ0v) is 84.5. The van der Waals surface area contributed by atoms with Crippen LogP contribution in [0.15, 0.2) is 201 Å². The van der Waals surface area contributed by atoms with Crippen LogP contribution >= 0.6 is 58.0 Å². The molecule has 5 N–H and O–H groups in total. The second kappa shape index (κ2) is 48.9. The van der Waals surface area contributed by atoms with Gasteiger partial charge in [0.2, 0.25) is 0 Å². The van der Waals surface area contributed by atoms with Crippen molar-refractivity contribution in [3.05, 3.63) is 333 Å². The van der Waals surface area contributed by atoms with E-state index < -0.39 is 29.4 Å². The lowest BCUT2D eigenvalue weighted by atomic mass is 10.0. The molecule has 0 aliphatic carbocycles. The van der Waals surface area contributed by atoms with Crippen molar-refractivity contribution in [2.75, 3.05) is 78.9 Å². The first-order valence-electron chi connectivity index (χ1n) is 47.7. The van der Waals surface area contributed by atoms with E-state index in [0.29, 0.717) is 154 Å². The fourth-order valence-electron chi connectivity index (χ4n) is 17.7. The number of H-pyrrole nitrogens is 3. The van der Waals surface area contributed by atoms with Crippen molar-refractivity contribution in [3.8, 4) is 23.0 Å². The molecular weight excluding hydrogens is 1960 g/mol. The van der Waals surface area contributed by atoms with Crippen LogP contribution < -0.4 is 24.3 Å². The van der Waals surface area contributed by atoms with Crippen LogP contribution in [0.5, 0.6) is 23.0 Å². The van der Waals surface area contributed by atoms with Gasteiger partial charge in [-0.3, -0.25) is 69.9 Å². The Labute approximate surface area is 860 Å². The highest BCUT2D eigenvalue weighted by molar-refractivity contribution is 6.36. The van der Waals surface area contributed by atoms with Crippen LogP contribution in [-0.2, 0) is 46.9 Å². The maximum absolute atomic E-state index is 15.3. The average Bonchev–Trinajstić information content (AvgIpc) is 1.63. The number of nitrogens with zero attached hydrogens (tertiary/aromatic N) is 16. The Morgan fingerprint density at radius 3 is 1.41 bits per heavy atom. The number of aliphatic imine (C=N–C) groups is 1. The lowest BCUT2D eigenvalue weighted by Crippen LogP contribution is -2.35. The largest absolute Gasteiger partial charge is 0.486 e. The molecule has 0 bridgehead atoms. The van der Waals surface area contributed by atoms with E-state index in [4.69, 9.17) is 91.2 Å². The number of aryl methyl sites for hydroxylation is 3. The van der Waals surface area contributed by atoms with Crippen LogP contribution in [0.3, 0.4) is 0 Å². The molecule has 145 heavy (non-hydrogen) atoms. The zero-order chi connectivity index (χ0) is 101. The van der Waals surface area contributed by atoms with Gasteiger partial charge in [0, 0.05) is 226 Å². The number of fused-ring (bicyclic) bond motifs is 4. The van der Waals surface area contributed by atoms with Gasteiger partial charge in [0.1, 0.15) is 70.5 Å². The van der Waals surface area contributed by atoms with Crippen LogP contribution in [0.1, 0.15) is 184 Å². The van der Waals surface area contributed by atoms with Crippen molar-refractivity contribution in [2.45, 2.75) is 137 Å². The SMILES string of the molecule is C[C@H](Oc1ccc2c(c1)C(/C=C(\F)c1ccc(CNC3CCOCC3)nc1)=NC2)c1c(Cl)cncc1Cl.Cc1cncc(Cl)c1C(C)Oc1ccc2[nH]nc(/C(F)=C/c3ccc(CN4CCC(O)C4)nc3)c2c1.Cc1cncc(Cl)c1C(C)Oc1ccc2[nH]nc(/C(F)=C/c3ccc(CN4CCOCC4)nn3)c2c1.Cc1cncc(Cl)c1C(C)Oc1ccc2n[nH]c(/C=C(\F)c3ccc(CN4CCOCC4)nc3)c2c1. The molecule has 0 saturated carbocycles. The first-order chi connectivity index (χ1) is 70.3. The van der Waals surface area contributed by atoms with E-state index in [-0.39, 0.29) is 35.8 Å². The molecule has 11 aromatic heterocycles. The number of morpholine rings is 2. The second-order valence-corrected chi connectivity index (χ2v) is 37.8. The van der Waals surface area contributed by atoms with Crippen molar-refractivity contribution in [1.82, 2.24) is 95.7 Å². The molecule has 4 aromatic carbocycles. The Hall–Kier alpha value is -12.9. The van der Waals surface area contributed by atoms with E-state index in [2.05, 4.69) is 101 Å². The van der Waals surface area contributed by atoms with Crippen LogP contribution in [-0.4, -0.2) is 192 Å². The lowest BCUT2D eigenvalue weighted by Gasteiger charge is -2.26. The molecule has 28 nitrogen and oxygen atoms in total. The van der Waals surface area contributed by atoms with Crippen molar-refractivity contribution in [1.29, 1.82) is 0 Å². The molecule has 16 heterocycles. The number of pyridine rings is 7. The number of hydrogen-bond donors (Lipinski definition) is 5. The van der Waals surface area contributed by atoms with Crippen LogP contribution in [0.4, 0.5) is 17.6 Å². The predicted molar refractivity (Wildman–Crippen MR) is 557 cm³/mol. The third-order valence-corrected chi connectivity index (χ3v) is 26.8. The van der Waals surface area contributed by atoms with Gasteiger partial charge in [-0.25, -0.2) is 17.6 Å². The fraction of sp³-hybridized carbons (Fsp3) is 0.306. The second-order valence-electron chi connectivity index (χ2n) is 35.8. The average molecular weight is 2070 g/mol. The minimum absolute atomic E-state index is 0.181. The molecule has 4 saturated heterocycles. The molecule has 20 rings (SSSR count). The van der Waals surface area contributed by atoms with Gasteiger partial charge in [0.25, 0.3) is 0 Å². The summed E-state index contributed by atoms with van der Waals surface area (Å²) in [6.45, 7) is 26.1. The molecule has 5 atom stereocenters. The highest BCUT2D eigenvalue weighted by atomic mass is 35.5. The summed E-state index contributed by atoms with van der Waals surface area (Å²) in [6.07, 6.45) is 24.7. The molecule has 37 heteroatoms. The molecular formula is C108H107Cl5F4N20O8. The van der Waals surface area contributed by atoms with Crippen LogP contribution in [0.25, 0.3) is 74.2 Å². The number of rotatable bonds is 29. The van der Waals surface area contributed by atoms with Gasteiger partial charge in [-0.05, 0) is 211 Å². The Morgan fingerprint density at radius 1 is 0.441 bits per heavy atom. The van der Waals surface area contributed by atoms with Gasteiger partial charge in [-0.2, -0.15) is 25.5 Å². The first-order valence-corrected chi connectivity index (χ1v) is 49.6. The third-order valence-electron chi connectivity index (χ3n) is 25.3. The molecule has 4 unspecified atom stereocenters. The Balaban J connectivity index is 0.000000132. The van der Waals surface area contributed by atoms with Crippen molar-refractivity contribution >= 4 is 138 Å². The number of allylic oxidation sites excluding steroid dienone is 1. The number of benzene rings is 4.